The molecule has 0 spiro atoms. The zero-order valence-corrected chi connectivity index (χ0v) is 18.8. The standard InChI is InChI=1S/C20H34N4O.HI/c1-4-21-20(22-12-14-25-3)23-15-18-8-10-19(11-9-18)16-24-13-6-5-7-17(24)2;/h8-11,17H,4-7,12-16H2,1-3H3,(H2,21,22,23);1H. The van der Waals surface area contributed by atoms with E-state index in [2.05, 4.69) is 58.6 Å². The molecule has 0 amide bonds. The fourth-order valence-electron chi connectivity index (χ4n) is 3.16. The number of methoxy groups -OCH3 is 1. The van der Waals surface area contributed by atoms with Crippen LogP contribution in [-0.2, 0) is 17.8 Å². The van der Waals surface area contributed by atoms with E-state index < -0.39 is 0 Å². The Morgan fingerprint density at radius 2 is 1.92 bits per heavy atom. The van der Waals surface area contributed by atoms with Gasteiger partial charge in [0.15, 0.2) is 5.96 Å². The summed E-state index contributed by atoms with van der Waals surface area (Å²) < 4.78 is 5.07. The van der Waals surface area contributed by atoms with Gasteiger partial charge in [0.2, 0.25) is 0 Å². The van der Waals surface area contributed by atoms with Crippen LogP contribution in [0.4, 0.5) is 0 Å². The van der Waals surface area contributed by atoms with Crippen LogP contribution in [0.1, 0.15) is 44.2 Å². The molecule has 1 aromatic carbocycles. The molecule has 148 valence electrons. The molecule has 0 aromatic heterocycles. The van der Waals surface area contributed by atoms with Gasteiger partial charge in [0.1, 0.15) is 0 Å². The Hall–Kier alpha value is -0.860. The van der Waals surface area contributed by atoms with Crippen molar-refractivity contribution < 1.29 is 4.74 Å². The summed E-state index contributed by atoms with van der Waals surface area (Å²) in [5.41, 5.74) is 2.63. The van der Waals surface area contributed by atoms with Crippen LogP contribution < -0.4 is 10.6 Å². The normalized spacial score (nSPS) is 18.3. The number of hydrogen-bond acceptors (Lipinski definition) is 3. The maximum atomic E-state index is 5.07. The van der Waals surface area contributed by atoms with Crippen molar-refractivity contribution in [2.75, 3.05) is 33.4 Å². The Balaban J connectivity index is 0.00000338. The number of nitrogens with zero attached hydrogens (tertiary/aromatic N) is 2. The minimum atomic E-state index is 0. The molecule has 1 aliphatic heterocycles. The molecule has 1 fully saturated rings. The molecule has 1 aliphatic rings. The zero-order valence-electron chi connectivity index (χ0n) is 16.5. The van der Waals surface area contributed by atoms with Crippen LogP contribution in [-0.4, -0.2) is 50.3 Å². The zero-order chi connectivity index (χ0) is 17.9. The largest absolute Gasteiger partial charge is 0.383 e. The fourth-order valence-corrected chi connectivity index (χ4v) is 3.16. The summed E-state index contributed by atoms with van der Waals surface area (Å²) in [5.74, 6) is 0.839. The molecule has 1 unspecified atom stereocenters. The Kier molecular flexibility index (Phi) is 11.9. The van der Waals surface area contributed by atoms with Crippen molar-refractivity contribution >= 4 is 29.9 Å². The van der Waals surface area contributed by atoms with Gasteiger partial charge in [-0.2, -0.15) is 0 Å². The van der Waals surface area contributed by atoms with Crippen LogP contribution in [0, 0.1) is 0 Å². The molecule has 6 heteroatoms. The van der Waals surface area contributed by atoms with E-state index in [9.17, 15) is 0 Å². The summed E-state index contributed by atoms with van der Waals surface area (Å²) in [4.78, 5) is 7.24. The van der Waals surface area contributed by atoms with E-state index in [1.54, 1.807) is 7.11 Å². The number of halogens is 1. The van der Waals surface area contributed by atoms with Crippen LogP contribution in [0.3, 0.4) is 0 Å². The molecule has 2 N–H and O–H groups in total. The maximum absolute atomic E-state index is 5.07. The second-order valence-electron chi connectivity index (χ2n) is 6.75. The van der Waals surface area contributed by atoms with E-state index in [0.717, 1.165) is 25.6 Å². The first-order valence-electron chi connectivity index (χ1n) is 9.56. The van der Waals surface area contributed by atoms with E-state index >= 15 is 0 Å². The quantitative estimate of drug-likeness (QED) is 0.263. The highest BCUT2D eigenvalue weighted by Gasteiger charge is 2.17. The Morgan fingerprint density at radius 1 is 1.19 bits per heavy atom. The number of ether oxygens (including phenoxy) is 1. The molecule has 1 atom stereocenters. The van der Waals surface area contributed by atoms with E-state index in [4.69, 9.17) is 4.74 Å². The van der Waals surface area contributed by atoms with Crippen molar-refractivity contribution in [3.8, 4) is 0 Å². The molecular formula is C20H35IN4O. The maximum Gasteiger partial charge on any atom is 0.191 e. The first-order valence-corrected chi connectivity index (χ1v) is 9.56. The third-order valence-corrected chi connectivity index (χ3v) is 4.71. The van der Waals surface area contributed by atoms with Gasteiger partial charge in [-0.15, -0.1) is 24.0 Å². The molecule has 26 heavy (non-hydrogen) atoms. The summed E-state index contributed by atoms with van der Waals surface area (Å²) >= 11 is 0. The Bertz CT molecular complexity index is 521. The molecule has 0 bridgehead atoms. The number of hydrogen-bond donors (Lipinski definition) is 2. The van der Waals surface area contributed by atoms with E-state index in [1.807, 2.05) is 0 Å². The predicted molar refractivity (Wildman–Crippen MR) is 120 cm³/mol. The SMILES string of the molecule is CCNC(=NCc1ccc(CN2CCCCC2C)cc1)NCCOC.I. The van der Waals surface area contributed by atoms with Gasteiger partial charge in [0.05, 0.1) is 13.2 Å². The molecule has 5 nitrogen and oxygen atoms in total. The Labute approximate surface area is 176 Å². The van der Waals surface area contributed by atoms with Crippen LogP contribution >= 0.6 is 24.0 Å². The minimum absolute atomic E-state index is 0. The lowest BCUT2D eigenvalue weighted by molar-refractivity contribution is 0.152. The van der Waals surface area contributed by atoms with Crippen LogP contribution in [0.15, 0.2) is 29.3 Å². The van der Waals surface area contributed by atoms with Gasteiger partial charge in [0.25, 0.3) is 0 Å². The van der Waals surface area contributed by atoms with Crippen LogP contribution in [0.25, 0.3) is 0 Å². The summed E-state index contributed by atoms with van der Waals surface area (Å²) in [7, 11) is 1.71. The highest BCUT2D eigenvalue weighted by Crippen LogP contribution is 2.19. The first kappa shape index (κ1) is 23.2. The summed E-state index contributed by atoms with van der Waals surface area (Å²) in [6.45, 7) is 9.68. The van der Waals surface area contributed by atoms with Crippen molar-refractivity contribution in [3.63, 3.8) is 0 Å². The number of piperidine rings is 1. The summed E-state index contributed by atoms with van der Waals surface area (Å²) in [5, 5.41) is 6.53. The smallest absolute Gasteiger partial charge is 0.191 e. The van der Waals surface area contributed by atoms with Crippen molar-refractivity contribution in [2.45, 2.75) is 52.2 Å². The van der Waals surface area contributed by atoms with Crippen molar-refractivity contribution in [1.29, 1.82) is 0 Å². The first-order chi connectivity index (χ1) is 12.2. The van der Waals surface area contributed by atoms with Gasteiger partial charge < -0.3 is 15.4 Å². The second kappa shape index (κ2) is 13.3. The summed E-state index contributed by atoms with van der Waals surface area (Å²) in [6, 6.07) is 9.60. The van der Waals surface area contributed by atoms with Gasteiger partial charge in [-0.25, -0.2) is 4.99 Å². The van der Waals surface area contributed by atoms with E-state index in [-0.39, 0.29) is 24.0 Å². The molecular weight excluding hydrogens is 439 g/mol. The fraction of sp³-hybridized carbons (Fsp3) is 0.650. The number of nitrogens with one attached hydrogen (secondary N) is 2. The van der Waals surface area contributed by atoms with Gasteiger partial charge >= 0.3 is 0 Å². The number of aliphatic imine (C=N–C) groups is 1. The third-order valence-electron chi connectivity index (χ3n) is 4.71. The third kappa shape index (κ3) is 8.22. The molecule has 0 saturated carbocycles. The number of guanidine groups is 1. The topological polar surface area (TPSA) is 48.9 Å². The number of rotatable bonds is 8. The number of likely N-dealkylation sites (tertiary alicyclic amines) is 1. The average Bonchev–Trinajstić information content (AvgIpc) is 2.63. The van der Waals surface area contributed by atoms with Gasteiger partial charge in [-0.05, 0) is 44.4 Å². The monoisotopic (exact) mass is 474 g/mol. The molecule has 1 heterocycles. The van der Waals surface area contributed by atoms with Crippen LogP contribution in [0.5, 0.6) is 0 Å². The molecule has 0 radical (unpaired) electrons. The lowest BCUT2D eigenvalue weighted by Gasteiger charge is -2.33. The number of benzene rings is 1. The molecule has 2 rings (SSSR count). The minimum Gasteiger partial charge on any atom is -0.383 e. The van der Waals surface area contributed by atoms with Crippen LogP contribution in [0.2, 0.25) is 0 Å². The lowest BCUT2D eigenvalue weighted by Crippen LogP contribution is -2.38. The van der Waals surface area contributed by atoms with Gasteiger partial charge in [0, 0.05) is 32.8 Å². The van der Waals surface area contributed by atoms with Crippen molar-refractivity contribution in [3.05, 3.63) is 35.4 Å². The molecule has 1 aromatic rings. The average molecular weight is 474 g/mol. The highest BCUT2D eigenvalue weighted by molar-refractivity contribution is 14.0. The molecule has 0 aliphatic carbocycles. The summed E-state index contributed by atoms with van der Waals surface area (Å²) in [6.07, 6.45) is 4.04. The van der Waals surface area contributed by atoms with Gasteiger partial charge in [-0.1, -0.05) is 30.7 Å². The highest BCUT2D eigenvalue weighted by atomic mass is 127. The van der Waals surface area contributed by atoms with E-state index in [1.165, 1.54) is 36.9 Å². The predicted octanol–water partition coefficient (Wildman–Crippen LogP) is 3.38. The van der Waals surface area contributed by atoms with Crippen molar-refractivity contribution in [2.24, 2.45) is 4.99 Å². The molecule has 1 saturated heterocycles. The van der Waals surface area contributed by atoms with E-state index in [0.29, 0.717) is 19.2 Å². The van der Waals surface area contributed by atoms with Crippen molar-refractivity contribution in [1.82, 2.24) is 15.5 Å². The second-order valence-corrected chi connectivity index (χ2v) is 6.75. The Morgan fingerprint density at radius 3 is 2.58 bits per heavy atom. The van der Waals surface area contributed by atoms with Gasteiger partial charge in [-0.3, -0.25) is 4.90 Å². The lowest BCUT2D eigenvalue weighted by atomic mass is 10.0.